The lowest BCUT2D eigenvalue weighted by Crippen LogP contribution is -2.34. The minimum atomic E-state index is 0.483. The SMILES string of the molecule is Cc1cc(CN2CCC(n3ccc(N)n3)CC2)n(C)n1. The van der Waals surface area contributed by atoms with Crippen molar-refractivity contribution in [3.63, 3.8) is 0 Å². The topological polar surface area (TPSA) is 64.9 Å². The van der Waals surface area contributed by atoms with Gasteiger partial charge in [-0.15, -0.1) is 0 Å². The Morgan fingerprint density at radius 1 is 1.30 bits per heavy atom. The lowest BCUT2D eigenvalue weighted by molar-refractivity contribution is 0.170. The van der Waals surface area contributed by atoms with Crippen molar-refractivity contribution < 1.29 is 0 Å². The van der Waals surface area contributed by atoms with Gasteiger partial charge in [-0.3, -0.25) is 14.3 Å². The molecule has 0 aliphatic carbocycles. The summed E-state index contributed by atoms with van der Waals surface area (Å²) in [4.78, 5) is 2.49. The van der Waals surface area contributed by atoms with Gasteiger partial charge in [-0.2, -0.15) is 10.2 Å². The van der Waals surface area contributed by atoms with Gasteiger partial charge in [0.15, 0.2) is 0 Å². The first-order valence-corrected chi connectivity index (χ1v) is 7.14. The van der Waals surface area contributed by atoms with Crippen LogP contribution < -0.4 is 5.73 Å². The van der Waals surface area contributed by atoms with Gasteiger partial charge < -0.3 is 5.73 Å². The van der Waals surface area contributed by atoms with E-state index in [4.69, 9.17) is 5.73 Å². The molecular formula is C14H22N6. The Labute approximate surface area is 119 Å². The molecule has 1 aliphatic rings. The molecule has 2 aromatic heterocycles. The Morgan fingerprint density at radius 2 is 2.05 bits per heavy atom. The molecule has 0 saturated carbocycles. The van der Waals surface area contributed by atoms with E-state index in [2.05, 4.69) is 21.2 Å². The second-order valence-corrected chi connectivity index (χ2v) is 5.63. The largest absolute Gasteiger partial charge is 0.382 e. The number of aromatic nitrogens is 4. The van der Waals surface area contributed by atoms with E-state index in [1.807, 2.05) is 35.6 Å². The molecule has 20 heavy (non-hydrogen) atoms. The summed E-state index contributed by atoms with van der Waals surface area (Å²) in [6.45, 7) is 5.20. The number of piperidine rings is 1. The second-order valence-electron chi connectivity index (χ2n) is 5.63. The summed E-state index contributed by atoms with van der Waals surface area (Å²) in [6.07, 6.45) is 4.23. The number of nitrogens with two attached hydrogens (primary N) is 1. The standard InChI is InChI=1S/C14H22N6/c1-11-9-13(18(2)16-11)10-19-6-3-12(4-7-19)20-8-5-14(15)17-20/h5,8-9,12H,3-4,6-7,10H2,1-2H3,(H2,15,17). The number of anilines is 1. The van der Waals surface area contributed by atoms with Gasteiger partial charge in [-0.05, 0) is 31.9 Å². The molecule has 0 unspecified atom stereocenters. The molecule has 3 rings (SSSR count). The Morgan fingerprint density at radius 3 is 2.60 bits per heavy atom. The summed E-state index contributed by atoms with van der Waals surface area (Å²) in [5, 5.41) is 8.73. The normalized spacial score (nSPS) is 17.7. The van der Waals surface area contributed by atoms with Crippen LogP contribution in [0.15, 0.2) is 18.3 Å². The van der Waals surface area contributed by atoms with Crippen molar-refractivity contribution >= 4 is 5.82 Å². The van der Waals surface area contributed by atoms with E-state index in [1.165, 1.54) is 5.69 Å². The van der Waals surface area contributed by atoms with Crippen molar-refractivity contribution in [2.75, 3.05) is 18.8 Å². The highest BCUT2D eigenvalue weighted by Crippen LogP contribution is 2.23. The Kier molecular flexibility index (Phi) is 3.48. The first-order chi connectivity index (χ1) is 9.61. The van der Waals surface area contributed by atoms with Gasteiger partial charge in [0.25, 0.3) is 0 Å². The van der Waals surface area contributed by atoms with Crippen LogP contribution in [0.25, 0.3) is 0 Å². The highest BCUT2D eigenvalue weighted by Gasteiger charge is 2.21. The third-order valence-electron chi connectivity index (χ3n) is 4.04. The summed E-state index contributed by atoms with van der Waals surface area (Å²) in [5.41, 5.74) is 8.05. The molecule has 6 nitrogen and oxygen atoms in total. The number of aryl methyl sites for hydroxylation is 2. The van der Waals surface area contributed by atoms with E-state index in [1.54, 1.807) is 0 Å². The molecule has 3 heterocycles. The molecule has 0 amide bonds. The molecule has 0 spiro atoms. The van der Waals surface area contributed by atoms with Gasteiger partial charge in [0.2, 0.25) is 0 Å². The third-order valence-corrected chi connectivity index (χ3v) is 4.04. The van der Waals surface area contributed by atoms with E-state index >= 15 is 0 Å². The van der Waals surface area contributed by atoms with Gasteiger partial charge in [-0.25, -0.2) is 0 Å². The fourth-order valence-electron chi connectivity index (χ4n) is 2.94. The minimum Gasteiger partial charge on any atom is -0.382 e. The van der Waals surface area contributed by atoms with Crippen molar-refractivity contribution in [2.45, 2.75) is 32.4 Å². The Hall–Kier alpha value is -1.82. The van der Waals surface area contributed by atoms with Crippen molar-refractivity contribution in [3.8, 4) is 0 Å². The molecule has 1 aliphatic heterocycles. The van der Waals surface area contributed by atoms with Crippen molar-refractivity contribution in [3.05, 3.63) is 29.7 Å². The van der Waals surface area contributed by atoms with E-state index in [0.717, 1.165) is 38.2 Å². The number of nitrogen functional groups attached to an aromatic ring is 1. The van der Waals surface area contributed by atoms with Gasteiger partial charge in [0.05, 0.1) is 17.4 Å². The zero-order valence-corrected chi connectivity index (χ0v) is 12.2. The smallest absolute Gasteiger partial charge is 0.145 e. The monoisotopic (exact) mass is 274 g/mol. The fourth-order valence-corrected chi connectivity index (χ4v) is 2.94. The predicted molar refractivity (Wildman–Crippen MR) is 78.1 cm³/mol. The van der Waals surface area contributed by atoms with Crippen LogP contribution in [0.2, 0.25) is 0 Å². The van der Waals surface area contributed by atoms with Gasteiger partial charge >= 0.3 is 0 Å². The maximum absolute atomic E-state index is 5.68. The lowest BCUT2D eigenvalue weighted by atomic mass is 10.1. The average Bonchev–Trinajstić information content (AvgIpc) is 2.97. The Balaban J connectivity index is 1.57. The summed E-state index contributed by atoms with van der Waals surface area (Å²) in [5.74, 6) is 0.609. The first kappa shape index (κ1) is 13.2. The van der Waals surface area contributed by atoms with Gasteiger partial charge in [0, 0.05) is 32.9 Å². The molecule has 1 saturated heterocycles. The van der Waals surface area contributed by atoms with E-state index < -0.39 is 0 Å². The predicted octanol–water partition coefficient (Wildman–Crippen LogP) is 1.34. The van der Waals surface area contributed by atoms with Gasteiger partial charge in [-0.1, -0.05) is 0 Å². The van der Waals surface area contributed by atoms with Crippen LogP contribution in [0.1, 0.15) is 30.3 Å². The van der Waals surface area contributed by atoms with Gasteiger partial charge in [0.1, 0.15) is 5.82 Å². The van der Waals surface area contributed by atoms with E-state index in [-0.39, 0.29) is 0 Å². The zero-order valence-electron chi connectivity index (χ0n) is 12.2. The van der Waals surface area contributed by atoms with Crippen LogP contribution in [0.5, 0.6) is 0 Å². The molecule has 0 radical (unpaired) electrons. The average molecular weight is 274 g/mol. The maximum Gasteiger partial charge on any atom is 0.145 e. The van der Waals surface area contributed by atoms with Crippen molar-refractivity contribution in [1.82, 2.24) is 24.5 Å². The third kappa shape index (κ3) is 2.70. The summed E-state index contributed by atoms with van der Waals surface area (Å²) in [7, 11) is 2.02. The summed E-state index contributed by atoms with van der Waals surface area (Å²) >= 11 is 0. The van der Waals surface area contributed by atoms with E-state index in [0.29, 0.717) is 11.9 Å². The number of likely N-dealkylation sites (tertiary alicyclic amines) is 1. The quantitative estimate of drug-likeness (QED) is 0.917. The summed E-state index contributed by atoms with van der Waals surface area (Å²) < 4.78 is 4.00. The molecule has 0 aromatic carbocycles. The van der Waals surface area contributed by atoms with E-state index in [9.17, 15) is 0 Å². The molecule has 108 valence electrons. The summed E-state index contributed by atoms with van der Waals surface area (Å²) in [6, 6.07) is 4.52. The molecule has 1 fully saturated rings. The number of hydrogen-bond acceptors (Lipinski definition) is 4. The van der Waals surface area contributed by atoms with Crippen LogP contribution >= 0.6 is 0 Å². The molecular weight excluding hydrogens is 252 g/mol. The van der Waals surface area contributed by atoms with Crippen LogP contribution in [0.3, 0.4) is 0 Å². The number of nitrogens with zero attached hydrogens (tertiary/aromatic N) is 5. The first-order valence-electron chi connectivity index (χ1n) is 7.14. The fraction of sp³-hybridized carbons (Fsp3) is 0.571. The highest BCUT2D eigenvalue weighted by atomic mass is 15.3. The van der Waals surface area contributed by atoms with Crippen LogP contribution in [0.4, 0.5) is 5.82 Å². The molecule has 0 bridgehead atoms. The molecule has 2 N–H and O–H groups in total. The second kappa shape index (κ2) is 5.28. The maximum atomic E-state index is 5.68. The number of hydrogen-bond donors (Lipinski definition) is 1. The molecule has 0 atom stereocenters. The van der Waals surface area contributed by atoms with Crippen molar-refractivity contribution in [1.29, 1.82) is 0 Å². The van der Waals surface area contributed by atoms with Crippen LogP contribution in [-0.2, 0) is 13.6 Å². The molecule has 6 heteroatoms. The zero-order chi connectivity index (χ0) is 14.1. The molecule has 2 aromatic rings. The Bertz CT molecular complexity index is 576. The van der Waals surface area contributed by atoms with Crippen molar-refractivity contribution in [2.24, 2.45) is 7.05 Å². The highest BCUT2D eigenvalue weighted by molar-refractivity contribution is 5.24. The van der Waals surface area contributed by atoms with Crippen LogP contribution in [0, 0.1) is 6.92 Å². The lowest BCUT2D eigenvalue weighted by Gasteiger charge is -2.31. The van der Waals surface area contributed by atoms with Crippen LogP contribution in [-0.4, -0.2) is 37.6 Å². The minimum absolute atomic E-state index is 0.483. The number of rotatable bonds is 3.